The highest BCUT2D eigenvalue weighted by Crippen LogP contribution is 2.16. The molecule has 2 aromatic rings. The molecule has 0 bridgehead atoms. The predicted molar refractivity (Wildman–Crippen MR) is 119 cm³/mol. The molecule has 0 radical (unpaired) electrons. The maximum Gasteiger partial charge on any atom is 0.253 e. The summed E-state index contributed by atoms with van der Waals surface area (Å²) in [6, 6.07) is 13.1. The minimum atomic E-state index is -3.76. The topological polar surface area (TPSA) is 90.0 Å². The van der Waals surface area contributed by atoms with Crippen LogP contribution in [0.2, 0.25) is 0 Å². The summed E-state index contributed by atoms with van der Waals surface area (Å²) in [5.74, 6) is -0.494. The number of carbonyl (C=O) groups excluding carboxylic acids is 2. The third-order valence-electron chi connectivity index (χ3n) is 5.30. The number of aryl methyl sites for hydroxylation is 1. The molecule has 9 heteroatoms. The summed E-state index contributed by atoms with van der Waals surface area (Å²) in [5, 5.41) is 2.68. The maximum absolute atomic E-state index is 12.6. The number of amides is 2. The molecule has 0 spiro atoms. The summed E-state index contributed by atoms with van der Waals surface area (Å²) >= 11 is 0. The lowest BCUT2D eigenvalue weighted by Crippen LogP contribution is -2.47. The number of hydrogen-bond acceptors (Lipinski definition) is 5. The van der Waals surface area contributed by atoms with Gasteiger partial charge in [-0.3, -0.25) is 9.59 Å². The highest BCUT2D eigenvalue weighted by molar-refractivity contribution is 7.89. The fraction of sp³-hybridized carbons (Fsp3) is 0.364. The van der Waals surface area contributed by atoms with Crippen molar-refractivity contribution in [3.8, 4) is 0 Å². The maximum atomic E-state index is 12.6. The minimum absolute atomic E-state index is 0.0325. The molecule has 166 valence electrons. The van der Waals surface area contributed by atoms with Crippen molar-refractivity contribution < 1.29 is 18.0 Å². The van der Waals surface area contributed by atoms with Crippen molar-refractivity contribution in [1.82, 2.24) is 14.1 Å². The van der Waals surface area contributed by atoms with Crippen molar-refractivity contribution in [3.05, 3.63) is 59.7 Å². The van der Waals surface area contributed by atoms with Gasteiger partial charge in [0.1, 0.15) is 0 Å². The first-order valence-electron chi connectivity index (χ1n) is 10.1. The molecule has 1 N–H and O–H groups in total. The van der Waals surface area contributed by atoms with E-state index in [0.29, 0.717) is 24.3 Å². The first-order chi connectivity index (χ1) is 14.7. The molecule has 0 saturated carbocycles. The van der Waals surface area contributed by atoms with Crippen LogP contribution in [0, 0.1) is 6.92 Å². The SMILES string of the molecule is Cc1ccc(S(=O)(=O)N(C)CC(=O)Nc2ccc(C(=O)N3CCN(C)CC3)cc2)cc1. The monoisotopic (exact) mass is 444 g/mol. The average Bonchev–Trinajstić information content (AvgIpc) is 2.74. The van der Waals surface area contributed by atoms with Crippen LogP contribution in [0.15, 0.2) is 53.4 Å². The second-order valence-electron chi connectivity index (χ2n) is 7.80. The molecular weight excluding hydrogens is 416 g/mol. The fourth-order valence-electron chi connectivity index (χ4n) is 3.27. The lowest BCUT2D eigenvalue weighted by Gasteiger charge is -2.32. The molecule has 1 aliphatic rings. The van der Waals surface area contributed by atoms with Gasteiger partial charge in [0.25, 0.3) is 5.91 Å². The van der Waals surface area contributed by atoms with Gasteiger partial charge in [-0.25, -0.2) is 8.42 Å². The predicted octanol–water partition coefficient (Wildman–Crippen LogP) is 1.64. The Kier molecular flexibility index (Phi) is 7.09. The Bertz CT molecular complexity index is 1030. The van der Waals surface area contributed by atoms with Gasteiger partial charge in [0.05, 0.1) is 11.4 Å². The van der Waals surface area contributed by atoms with Gasteiger partial charge in [-0.2, -0.15) is 4.31 Å². The zero-order valence-electron chi connectivity index (χ0n) is 18.0. The number of rotatable bonds is 6. The van der Waals surface area contributed by atoms with E-state index in [9.17, 15) is 18.0 Å². The first-order valence-corrected chi connectivity index (χ1v) is 11.5. The van der Waals surface area contributed by atoms with Crippen LogP contribution >= 0.6 is 0 Å². The van der Waals surface area contributed by atoms with Crippen LogP contribution < -0.4 is 5.32 Å². The zero-order valence-corrected chi connectivity index (χ0v) is 18.9. The molecule has 0 unspecified atom stereocenters. The highest BCUT2D eigenvalue weighted by atomic mass is 32.2. The van der Waals surface area contributed by atoms with Crippen molar-refractivity contribution in [2.45, 2.75) is 11.8 Å². The van der Waals surface area contributed by atoms with Crippen molar-refractivity contribution >= 4 is 27.5 Å². The van der Waals surface area contributed by atoms with Gasteiger partial charge in [0.15, 0.2) is 0 Å². The number of carbonyl (C=O) groups is 2. The second-order valence-corrected chi connectivity index (χ2v) is 9.84. The summed E-state index contributed by atoms with van der Waals surface area (Å²) in [4.78, 5) is 29.1. The van der Waals surface area contributed by atoms with Gasteiger partial charge in [0.2, 0.25) is 15.9 Å². The lowest BCUT2D eigenvalue weighted by atomic mass is 10.1. The van der Waals surface area contributed by atoms with Crippen molar-refractivity contribution in [2.75, 3.05) is 52.1 Å². The van der Waals surface area contributed by atoms with E-state index in [0.717, 1.165) is 23.0 Å². The molecule has 3 rings (SSSR count). The Morgan fingerprint density at radius 1 is 0.968 bits per heavy atom. The Morgan fingerprint density at radius 3 is 2.13 bits per heavy atom. The Labute approximate surface area is 183 Å². The van der Waals surface area contributed by atoms with E-state index in [1.54, 1.807) is 36.4 Å². The van der Waals surface area contributed by atoms with Crippen LogP contribution in [0.5, 0.6) is 0 Å². The number of benzene rings is 2. The van der Waals surface area contributed by atoms with Gasteiger partial charge in [0, 0.05) is 44.5 Å². The zero-order chi connectivity index (χ0) is 22.6. The summed E-state index contributed by atoms with van der Waals surface area (Å²) in [6.07, 6.45) is 0. The van der Waals surface area contributed by atoms with Gasteiger partial charge in [-0.1, -0.05) is 17.7 Å². The quantitative estimate of drug-likeness (QED) is 0.732. The van der Waals surface area contributed by atoms with Crippen LogP contribution in [0.25, 0.3) is 0 Å². The number of piperazine rings is 1. The molecule has 0 atom stereocenters. The third-order valence-corrected chi connectivity index (χ3v) is 7.12. The van der Waals surface area contributed by atoms with Crippen LogP contribution in [0.1, 0.15) is 15.9 Å². The molecule has 0 aliphatic carbocycles. The van der Waals surface area contributed by atoms with Crippen molar-refractivity contribution in [3.63, 3.8) is 0 Å². The molecule has 8 nitrogen and oxygen atoms in total. The molecule has 1 fully saturated rings. The molecular formula is C22H28N4O4S. The standard InChI is InChI=1S/C22H28N4O4S/c1-17-4-10-20(11-5-17)31(29,30)25(3)16-21(27)23-19-8-6-18(7-9-19)22(28)26-14-12-24(2)13-15-26/h4-11H,12-16H2,1-3H3,(H,23,27). The molecule has 2 amide bonds. The number of hydrogen-bond donors (Lipinski definition) is 1. The number of sulfonamides is 1. The summed E-state index contributed by atoms with van der Waals surface area (Å²) in [5.41, 5.74) is 2.01. The van der Waals surface area contributed by atoms with Crippen molar-refractivity contribution in [2.24, 2.45) is 0 Å². The molecule has 1 heterocycles. The first kappa shape index (κ1) is 22.9. The minimum Gasteiger partial charge on any atom is -0.336 e. The normalized spacial score (nSPS) is 15.2. The molecule has 1 aliphatic heterocycles. The molecule has 0 aromatic heterocycles. The van der Waals surface area contributed by atoms with E-state index in [1.165, 1.54) is 19.2 Å². The van der Waals surface area contributed by atoms with Crippen LogP contribution in [0.4, 0.5) is 5.69 Å². The van der Waals surface area contributed by atoms with Gasteiger partial charge >= 0.3 is 0 Å². The summed E-state index contributed by atoms with van der Waals surface area (Å²) < 4.78 is 26.3. The van der Waals surface area contributed by atoms with Crippen molar-refractivity contribution in [1.29, 1.82) is 0 Å². The second kappa shape index (κ2) is 9.59. The van der Waals surface area contributed by atoms with E-state index in [2.05, 4.69) is 10.2 Å². The molecule has 31 heavy (non-hydrogen) atoms. The van der Waals surface area contributed by atoms with E-state index in [1.807, 2.05) is 18.9 Å². The Hall–Kier alpha value is -2.75. The molecule has 1 saturated heterocycles. The number of anilines is 1. The largest absolute Gasteiger partial charge is 0.336 e. The van der Waals surface area contributed by atoms with E-state index < -0.39 is 15.9 Å². The molecule has 2 aromatic carbocycles. The Balaban J connectivity index is 1.58. The number of nitrogens with one attached hydrogen (secondary N) is 1. The fourth-order valence-corrected chi connectivity index (χ4v) is 4.39. The van der Waals surface area contributed by atoms with Gasteiger partial charge in [-0.15, -0.1) is 0 Å². The average molecular weight is 445 g/mol. The van der Waals surface area contributed by atoms with E-state index in [-0.39, 0.29) is 17.3 Å². The highest BCUT2D eigenvalue weighted by Gasteiger charge is 2.23. The Morgan fingerprint density at radius 2 is 1.55 bits per heavy atom. The summed E-state index contributed by atoms with van der Waals surface area (Å²) in [7, 11) is -0.360. The van der Waals surface area contributed by atoms with E-state index >= 15 is 0 Å². The number of nitrogens with zero attached hydrogens (tertiary/aromatic N) is 3. The summed E-state index contributed by atoms with van der Waals surface area (Å²) in [6.45, 7) is 4.62. The third kappa shape index (κ3) is 5.69. The smallest absolute Gasteiger partial charge is 0.253 e. The van der Waals surface area contributed by atoms with E-state index in [4.69, 9.17) is 0 Å². The van der Waals surface area contributed by atoms with Gasteiger partial charge < -0.3 is 15.1 Å². The van der Waals surface area contributed by atoms with Gasteiger partial charge in [-0.05, 0) is 50.4 Å². The van der Waals surface area contributed by atoms with Crippen LogP contribution in [0.3, 0.4) is 0 Å². The van der Waals surface area contributed by atoms with Crippen LogP contribution in [-0.4, -0.2) is 81.2 Å². The number of likely N-dealkylation sites (N-methyl/N-ethyl adjacent to an activating group) is 2. The van der Waals surface area contributed by atoms with Crippen LogP contribution in [-0.2, 0) is 14.8 Å². The lowest BCUT2D eigenvalue weighted by molar-refractivity contribution is -0.116.